The first-order chi connectivity index (χ1) is 10.0. The lowest BCUT2D eigenvalue weighted by atomic mass is 10.2. The lowest BCUT2D eigenvalue weighted by molar-refractivity contribution is 0.0948. The minimum Gasteiger partial charge on any atom is -0.352 e. The van der Waals surface area contributed by atoms with Crippen molar-refractivity contribution in [3.05, 3.63) is 29.6 Å². The molecule has 0 saturated heterocycles. The minimum atomic E-state index is -0.232. The van der Waals surface area contributed by atoms with E-state index >= 15 is 0 Å². The first kappa shape index (κ1) is 17.1. The summed E-state index contributed by atoms with van der Waals surface area (Å²) < 4.78 is 0. The number of unbranched alkanes of at least 4 members (excludes halogenated alkanes) is 2. The summed E-state index contributed by atoms with van der Waals surface area (Å²) >= 11 is 0. The summed E-state index contributed by atoms with van der Waals surface area (Å²) in [5.74, 6) is -0.0205. The fourth-order valence-corrected chi connectivity index (χ4v) is 1.76. The average Bonchev–Trinajstić information content (AvgIpc) is 2.49. The van der Waals surface area contributed by atoms with Crippen molar-refractivity contribution in [1.29, 1.82) is 0 Å². The first-order valence-corrected chi connectivity index (χ1v) is 7.57. The van der Waals surface area contributed by atoms with Crippen molar-refractivity contribution in [3.63, 3.8) is 0 Å². The number of pyridine rings is 1. The van der Waals surface area contributed by atoms with E-state index in [1.165, 1.54) is 12.3 Å². The van der Waals surface area contributed by atoms with Gasteiger partial charge in [0.05, 0.1) is 0 Å². The topological polar surface area (TPSA) is 71.1 Å². The fraction of sp³-hybridized carbons (Fsp3) is 0.562. The van der Waals surface area contributed by atoms with Gasteiger partial charge in [-0.2, -0.15) is 0 Å². The zero-order valence-corrected chi connectivity index (χ0v) is 13.1. The van der Waals surface area contributed by atoms with Gasteiger partial charge in [0.2, 0.25) is 0 Å². The molecule has 0 spiro atoms. The molecule has 2 amide bonds. The predicted molar refractivity (Wildman–Crippen MR) is 83.3 cm³/mol. The summed E-state index contributed by atoms with van der Waals surface area (Å²) in [6, 6.07) is 3.15. The maximum absolute atomic E-state index is 12.0. The molecule has 1 rings (SSSR count). The Balaban J connectivity index is 2.58. The van der Waals surface area contributed by atoms with E-state index in [1.54, 1.807) is 6.07 Å². The number of nitrogens with one attached hydrogen (secondary N) is 2. The van der Waals surface area contributed by atoms with E-state index in [-0.39, 0.29) is 17.5 Å². The van der Waals surface area contributed by atoms with Gasteiger partial charge in [-0.05, 0) is 24.5 Å². The molecule has 1 aromatic heterocycles. The summed E-state index contributed by atoms with van der Waals surface area (Å²) in [7, 11) is 0. The molecule has 0 saturated carbocycles. The molecule has 21 heavy (non-hydrogen) atoms. The molecular formula is C16H25N3O2. The fourth-order valence-electron chi connectivity index (χ4n) is 1.76. The van der Waals surface area contributed by atoms with E-state index in [0.717, 1.165) is 19.3 Å². The number of carbonyl (C=O) groups excluding carboxylic acids is 2. The van der Waals surface area contributed by atoms with Crippen LogP contribution in [-0.4, -0.2) is 29.9 Å². The van der Waals surface area contributed by atoms with E-state index < -0.39 is 0 Å². The molecule has 5 nitrogen and oxygen atoms in total. The second kappa shape index (κ2) is 9.10. The van der Waals surface area contributed by atoms with Crippen molar-refractivity contribution in [1.82, 2.24) is 15.6 Å². The van der Waals surface area contributed by atoms with Gasteiger partial charge in [0.15, 0.2) is 0 Å². The Hall–Kier alpha value is -1.91. The largest absolute Gasteiger partial charge is 0.352 e. The van der Waals surface area contributed by atoms with Gasteiger partial charge in [-0.1, -0.05) is 33.6 Å². The van der Waals surface area contributed by atoms with Crippen LogP contribution in [0, 0.1) is 5.92 Å². The van der Waals surface area contributed by atoms with Crippen LogP contribution in [0.1, 0.15) is 60.9 Å². The van der Waals surface area contributed by atoms with Crippen molar-refractivity contribution in [2.24, 2.45) is 5.92 Å². The SMILES string of the molecule is CCCCCNC(=O)c1cc(C(=O)NCC(C)C)ccn1. The molecule has 116 valence electrons. The Labute approximate surface area is 126 Å². The monoisotopic (exact) mass is 291 g/mol. The van der Waals surface area contributed by atoms with Crippen LogP contribution in [0.2, 0.25) is 0 Å². The third-order valence-corrected chi connectivity index (χ3v) is 2.99. The van der Waals surface area contributed by atoms with Gasteiger partial charge >= 0.3 is 0 Å². The highest BCUT2D eigenvalue weighted by Gasteiger charge is 2.11. The number of nitrogens with zero attached hydrogens (tertiary/aromatic N) is 1. The molecule has 2 N–H and O–H groups in total. The van der Waals surface area contributed by atoms with Crippen LogP contribution in [0.4, 0.5) is 0 Å². The Bertz CT molecular complexity index is 472. The minimum absolute atomic E-state index is 0.175. The lowest BCUT2D eigenvalue weighted by Crippen LogP contribution is -2.29. The van der Waals surface area contributed by atoms with Crippen molar-refractivity contribution in [2.45, 2.75) is 40.0 Å². The molecule has 0 atom stereocenters. The summed E-state index contributed by atoms with van der Waals surface area (Å²) in [6.07, 6.45) is 4.65. The second-order valence-corrected chi connectivity index (χ2v) is 5.50. The molecule has 0 aromatic carbocycles. The Morgan fingerprint density at radius 1 is 1.19 bits per heavy atom. The number of aromatic nitrogens is 1. The van der Waals surface area contributed by atoms with Gasteiger partial charge in [0, 0.05) is 24.8 Å². The Kier molecular flexibility index (Phi) is 7.43. The second-order valence-electron chi connectivity index (χ2n) is 5.50. The van der Waals surface area contributed by atoms with Gasteiger partial charge < -0.3 is 10.6 Å². The molecule has 0 radical (unpaired) electrons. The van der Waals surface area contributed by atoms with E-state index in [4.69, 9.17) is 0 Å². The molecule has 1 heterocycles. The van der Waals surface area contributed by atoms with E-state index in [9.17, 15) is 9.59 Å². The van der Waals surface area contributed by atoms with E-state index in [2.05, 4.69) is 22.5 Å². The standard InChI is InChI=1S/C16H25N3O2/c1-4-5-6-8-18-16(21)14-10-13(7-9-17-14)15(20)19-11-12(2)3/h7,9-10,12H,4-6,8,11H2,1-3H3,(H,18,21)(H,19,20). The average molecular weight is 291 g/mol. The lowest BCUT2D eigenvalue weighted by Gasteiger charge is -2.08. The number of amides is 2. The molecule has 0 aliphatic carbocycles. The third-order valence-electron chi connectivity index (χ3n) is 2.99. The highest BCUT2D eigenvalue weighted by Crippen LogP contribution is 2.03. The summed E-state index contributed by atoms with van der Waals surface area (Å²) in [5, 5.41) is 5.64. The maximum Gasteiger partial charge on any atom is 0.269 e. The van der Waals surface area contributed by atoms with Gasteiger partial charge in [0.1, 0.15) is 5.69 Å². The highest BCUT2D eigenvalue weighted by molar-refractivity contribution is 5.98. The van der Waals surface area contributed by atoms with Crippen LogP contribution in [0.25, 0.3) is 0 Å². The number of rotatable bonds is 8. The van der Waals surface area contributed by atoms with Crippen LogP contribution in [0.5, 0.6) is 0 Å². The van der Waals surface area contributed by atoms with E-state index in [1.807, 2.05) is 13.8 Å². The molecule has 0 fully saturated rings. The van der Waals surface area contributed by atoms with Crippen LogP contribution in [-0.2, 0) is 0 Å². The molecule has 5 heteroatoms. The molecule has 0 bridgehead atoms. The zero-order valence-electron chi connectivity index (χ0n) is 13.1. The molecule has 0 unspecified atom stereocenters. The van der Waals surface area contributed by atoms with Crippen molar-refractivity contribution in [2.75, 3.05) is 13.1 Å². The molecular weight excluding hydrogens is 266 g/mol. The van der Waals surface area contributed by atoms with Gasteiger partial charge in [-0.3, -0.25) is 14.6 Å². The van der Waals surface area contributed by atoms with Gasteiger partial charge in [-0.25, -0.2) is 0 Å². The summed E-state index contributed by atoms with van der Waals surface area (Å²) in [6.45, 7) is 7.42. The number of carbonyl (C=O) groups is 2. The van der Waals surface area contributed by atoms with Gasteiger partial charge in [-0.15, -0.1) is 0 Å². The quantitative estimate of drug-likeness (QED) is 0.722. The molecule has 0 aliphatic heterocycles. The number of hydrogen-bond donors (Lipinski definition) is 2. The highest BCUT2D eigenvalue weighted by atomic mass is 16.2. The first-order valence-electron chi connectivity index (χ1n) is 7.57. The van der Waals surface area contributed by atoms with Crippen LogP contribution < -0.4 is 10.6 Å². The Morgan fingerprint density at radius 2 is 1.95 bits per heavy atom. The van der Waals surface area contributed by atoms with Crippen molar-refractivity contribution < 1.29 is 9.59 Å². The normalized spacial score (nSPS) is 10.5. The van der Waals surface area contributed by atoms with Crippen LogP contribution >= 0.6 is 0 Å². The summed E-state index contributed by atoms with van der Waals surface area (Å²) in [4.78, 5) is 27.9. The third kappa shape index (κ3) is 6.38. The van der Waals surface area contributed by atoms with Crippen molar-refractivity contribution >= 4 is 11.8 Å². The summed E-state index contributed by atoms with van der Waals surface area (Å²) in [5.41, 5.74) is 0.744. The van der Waals surface area contributed by atoms with Crippen LogP contribution in [0.15, 0.2) is 18.3 Å². The smallest absolute Gasteiger partial charge is 0.269 e. The van der Waals surface area contributed by atoms with Crippen molar-refractivity contribution in [3.8, 4) is 0 Å². The molecule has 1 aromatic rings. The predicted octanol–water partition coefficient (Wildman–Crippen LogP) is 2.39. The number of hydrogen-bond acceptors (Lipinski definition) is 3. The Morgan fingerprint density at radius 3 is 2.62 bits per heavy atom. The van der Waals surface area contributed by atoms with E-state index in [0.29, 0.717) is 24.6 Å². The van der Waals surface area contributed by atoms with Crippen LogP contribution in [0.3, 0.4) is 0 Å². The van der Waals surface area contributed by atoms with Gasteiger partial charge in [0.25, 0.3) is 11.8 Å². The molecule has 0 aliphatic rings. The maximum atomic E-state index is 12.0. The zero-order chi connectivity index (χ0) is 15.7.